The highest BCUT2D eigenvalue weighted by atomic mass is 16.5. The predicted molar refractivity (Wildman–Crippen MR) is 105 cm³/mol. The van der Waals surface area contributed by atoms with Crippen molar-refractivity contribution in [3.05, 3.63) is 29.8 Å². The number of morpholine rings is 1. The molecule has 2 aliphatic heterocycles. The molecule has 0 unspecified atom stereocenters. The lowest BCUT2D eigenvalue weighted by Gasteiger charge is -2.32. The quantitative estimate of drug-likeness (QED) is 0.827. The van der Waals surface area contributed by atoms with Crippen LogP contribution in [0.5, 0.6) is 0 Å². The Labute approximate surface area is 161 Å². The second-order valence-corrected chi connectivity index (χ2v) is 7.29. The number of carbonyl (C=O) groups excluding carboxylic acids is 2. The molecular weight excluding hydrogens is 344 g/mol. The molecule has 1 aromatic rings. The van der Waals surface area contributed by atoms with E-state index < -0.39 is 0 Å². The summed E-state index contributed by atoms with van der Waals surface area (Å²) in [5.41, 5.74) is 1.97. The Bertz CT molecular complexity index is 646. The van der Waals surface area contributed by atoms with Gasteiger partial charge in [0.1, 0.15) is 0 Å². The number of likely N-dealkylation sites (tertiary alicyclic amines) is 1. The molecule has 1 aromatic carbocycles. The van der Waals surface area contributed by atoms with E-state index in [1.54, 1.807) is 11.8 Å². The minimum atomic E-state index is -0.246. The molecule has 3 rings (SSSR count). The first-order valence-corrected chi connectivity index (χ1v) is 9.84. The van der Waals surface area contributed by atoms with Crippen molar-refractivity contribution in [3.63, 3.8) is 0 Å². The highest BCUT2D eigenvalue weighted by Crippen LogP contribution is 2.19. The number of anilines is 1. The van der Waals surface area contributed by atoms with E-state index in [1.807, 2.05) is 18.2 Å². The summed E-state index contributed by atoms with van der Waals surface area (Å²) in [4.78, 5) is 28.0. The highest BCUT2D eigenvalue weighted by Gasteiger charge is 2.22. The topological polar surface area (TPSA) is 73.9 Å². The van der Waals surface area contributed by atoms with E-state index in [1.165, 1.54) is 19.3 Å². The molecule has 0 spiro atoms. The Morgan fingerprint density at radius 2 is 1.93 bits per heavy atom. The summed E-state index contributed by atoms with van der Waals surface area (Å²) in [5.74, 6) is 0.0411. The summed E-state index contributed by atoms with van der Waals surface area (Å²) in [5, 5.41) is 5.83. The summed E-state index contributed by atoms with van der Waals surface area (Å²) >= 11 is 0. The number of piperidine rings is 1. The zero-order chi connectivity index (χ0) is 19.1. The van der Waals surface area contributed by atoms with Crippen LogP contribution in [-0.4, -0.2) is 67.2 Å². The van der Waals surface area contributed by atoms with E-state index in [2.05, 4.69) is 21.6 Å². The van der Waals surface area contributed by atoms with Gasteiger partial charge in [-0.2, -0.15) is 0 Å². The third-order valence-electron chi connectivity index (χ3n) is 5.18. The number of para-hydroxylation sites is 1. The first kappa shape index (κ1) is 19.6. The minimum absolute atomic E-state index is 0.0411. The molecule has 2 heterocycles. The molecule has 2 aliphatic rings. The Balaban J connectivity index is 1.49. The average Bonchev–Trinajstić information content (AvgIpc) is 2.69. The lowest BCUT2D eigenvalue weighted by molar-refractivity contribution is -0.136. The third kappa shape index (κ3) is 5.94. The molecule has 0 radical (unpaired) electrons. The monoisotopic (exact) mass is 374 g/mol. The first-order chi connectivity index (χ1) is 13.1. The number of urea groups is 1. The van der Waals surface area contributed by atoms with E-state index in [0.717, 1.165) is 30.9 Å². The van der Waals surface area contributed by atoms with Crippen LogP contribution in [0, 0.1) is 0 Å². The van der Waals surface area contributed by atoms with E-state index in [0.29, 0.717) is 26.2 Å². The molecule has 7 heteroatoms. The van der Waals surface area contributed by atoms with E-state index in [4.69, 9.17) is 4.74 Å². The molecule has 2 N–H and O–H groups in total. The maximum atomic E-state index is 12.3. The van der Waals surface area contributed by atoms with Gasteiger partial charge in [-0.3, -0.25) is 9.69 Å². The number of nitrogens with zero attached hydrogens (tertiary/aromatic N) is 2. The van der Waals surface area contributed by atoms with Gasteiger partial charge in [-0.15, -0.1) is 0 Å². The zero-order valence-corrected chi connectivity index (χ0v) is 16.1. The Morgan fingerprint density at radius 1 is 1.15 bits per heavy atom. The number of rotatable bonds is 5. The number of nitrogens with one attached hydrogen (secondary N) is 2. The molecule has 1 atom stereocenters. The molecule has 2 fully saturated rings. The molecule has 0 aliphatic carbocycles. The van der Waals surface area contributed by atoms with Gasteiger partial charge < -0.3 is 20.3 Å². The summed E-state index contributed by atoms with van der Waals surface area (Å²) < 4.78 is 5.64. The molecule has 0 saturated carbocycles. The van der Waals surface area contributed by atoms with Crippen LogP contribution in [0.4, 0.5) is 10.5 Å². The fourth-order valence-corrected chi connectivity index (χ4v) is 3.64. The van der Waals surface area contributed by atoms with Crippen molar-refractivity contribution < 1.29 is 14.3 Å². The second-order valence-electron chi connectivity index (χ2n) is 7.29. The number of ether oxygens (including phenoxy) is 1. The largest absolute Gasteiger partial charge is 0.373 e. The zero-order valence-electron chi connectivity index (χ0n) is 16.1. The molecule has 7 nitrogen and oxygen atoms in total. The molecule has 0 aromatic heterocycles. The number of carbonyl (C=O) groups is 2. The maximum absolute atomic E-state index is 12.3. The maximum Gasteiger partial charge on any atom is 0.319 e. The lowest BCUT2D eigenvalue weighted by Crippen LogP contribution is -2.49. The average molecular weight is 374 g/mol. The molecular formula is C20H30N4O3. The number of hydrogen-bond donors (Lipinski definition) is 2. The number of benzene rings is 1. The van der Waals surface area contributed by atoms with E-state index >= 15 is 0 Å². The van der Waals surface area contributed by atoms with E-state index in [-0.39, 0.29) is 18.0 Å². The van der Waals surface area contributed by atoms with Crippen LogP contribution in [0.3, 0.4) is 0 Å². The van der Waals surface area contributed by atoms with Crippen molar-refractivity contribution in [3.8, 4) is 0 Å². The molecule has 3 amide bonds. The molecule has 0 bridgehead atoms. The Kier molecular flexibility index (Phi) is 7.06. The predicted octanol–water partition coefficient (Wildman–Crippen LogP) is 2.04. The van der Waals surface area contributed by atoms with Crippen molar-refractivity contribution >= 4 is 17.6 Å². The normalized spacial score (nSPS) is 20.9. The van der Waals surface area contributed by atoms with Gasteiger partial charge >= 0.3 is 6.03 Å². The van der Waals surface area contributed by atoms with Crippen molar-refractivity contribution in [2.24, 2.45) is 0 Å². The number of amides is 3. The van der Waals surface area contributed by atoms with E-state index in [9.17, 15) is 9.59 Å². The van der Waals surface area contributed by atoms with Gasteiger partial charge in [0.2, 0.25) is 5.91 Å². The van der Waals surface area contributed by atoms with Crippen LogP contribution in [0.1, 0.15) is 31.7 Å². The van der Waals surface area contributed by atoms with Crippen LogP contribution in [0.2, 0.25) is 0 Å². The van der Waals surface area contributed by atoms with Crippen molar-refractivity contribution in [1.82, 2.24) is 15.1 Å². The third-order valence-corrected chi connectivity index (χ3v) is 5.18. The molecule has 148 valence electrons. The van der Waals surface area contributed by atoms with Gasteiger partial charge in [-0.25, -0.2) is 4.79 Å². The highest BCUT2D eigenvalue weighted by molar-refractivity contribution is 5.90. The summed E-state index contributed by atoms with van der Waals surface area (Å²) in [7, 11) is 0. The Hall–Kier alpha value is -2.12. The van der Waals surface area contributed by atoms with Gasteiger partial charge in [-0.05, 0) is 37.6 Å². The van der Waals surface area contributed by atoms with Crippen molar-refractivity contribution in [2.45, 2.75) is 38.8 Å². The van der Waals surface area contributed by atoms with Crippen LogP contribution in [0.15, 0.2) is 24.3 Å². The fourth-order valence-electron chi connectivity index (χ4n) is 3.64. The van der Waals surface area contributed by atoms with Crippen molar-refractivity contribution in [2.75, 3.05) is 44.6 Å². The SMILES string of the molecule is CC(=O)N1CCO[C@H](CNC(=O)Nc2ccccc2CN2CCCCC2)C1. The summed E-state index contributed by atoms with van der Waals surface area (Å²) in [6.07, 6.45) is 3.63. The Morgan fingerprint density at radius 3 is 2.70 bits per heavy atom. The summed E-state index contributed by atoms with van der Waals surface area (Å²) in [6, 6.07) is 7.70. The van der Waals surface area contributed by atoms with Crippen molar-refractivity contribution in [1.29, 1.82) is 0 Å². The number of hydrogen-bond acceptors (Lipinski definition) is 4. The van der Waals surface area contributed by atoms with Gasteiger partial charge in [0.15, 0.2) is 0 Å². The smallest absolute Gasteiger partial charge is 0.319 e. The van der Waals surface area contributed by atoms with Gasteiger partial charge in [-0.1, -0.05) is 24.6 Å². The van der Waals surface area contributed by atoms with Gasteiger partial charge in [0.05, 0.1) is 12.7 Å². The molecule has 27 heavy (non-hydrogen) atoms. The fraction of sp³-hybridized carbons (Fsp3) is 0.600. The van der Waals surface area contributed by atoms with Crippen LogP contribution < -0.4 is 10.6 Å². The standard InChI is InChI=1S/C20H30N4O3/c1-16(25)24-11-12-27-18(15-24)13-21-20(26)22-19-8-4-3-7-17(19)14-23-9-5-2-6-10-23/h3-4,7-8,18H,2,5-6,9-15H2,1H3,(H2,21,22,26)/t18-/m1/s1. The van der Waals surface area contributed by atoms with Gasteiger partial charge in [0.25, 0.3) is 0 Å². The van der Waals surface area contributed by atoms with Gasteiger partial charge in [0, 0.05) is 38.8 Å². The molecule has 2 saturated heterocycles. The summed E-state index contributed by atoms with van der Waals surface area (Å²) in [6.45, 7) is 6.66. The second kappa shape index (κ2) is 9.71. The minimum Gasteiger partial charge on any atom is -0.373 e. The van der Waals surface area contributed by atoms with Crippen LogP contribution in [-0.2, 0) is 16.1 Å². The van der Waals surface area contributed by atoms with Crippen LogP contribution >= 0.6 is 0 Å². The first-order valence-electron chi connectivity index (χ1n) is 9.84. The van der Waals surface area contributed by atoms with Crippen LogP contribution in [0.25, 0.3) is 0 Å². The lowest BCUT2D eigenvalue weighted by atomic mass is 10.1.